The summed E-state index contributed by atoms with van der Waals surface area (Å²) in [5.74, 6) is 0.493. The van der Waals surface area contributed by atoms with Crippen LogP contribution in [0.15, 0.2) is 41.8 Å². The summed E-state index contributed by atoms with van der Waals surface area (Å²) in [6, 6.07) is 13.1. The number of hydrogen-bond acceptors (Lipinski definition) is 4. The van der Waals surface area contributed by atoms with E-state index in [0.29, 0.717) is 17.0 Å². The Hall–Kier alpha value is -2.16. The maximum Gasteiger partial charge on any atom is 0.251 e. The van der Waals surface area contributed by atoms with Crippen LogP contribution < -0.4 is 5.32 Å². The minimum Gasteiger partial charge on any atom is -0.352 e. The van der Waals surface area contributed by atoms with Crippen molar-refractivity contribution in [3.63, 3.8) is 0 Å². The lowest BCUT2D eigenvalue weighted by Gasteiger charge is -2.31. The Morgan fingerprint density at radius 2 is 2.00 bits per heavy atom. The van der Waals surface area contributed by atoms with Crippen molar-refractivity contribution < 1.29 is 4.79 Å². The number of carbonyl (C=O) groups is 1. The molecule has 3 rings (SSSR count). The zero-order chi connectivity index (χ0) is 16.8. The van der Waals surface area contributed by atoms with Gasteiger partial charge in [-0.15, -0.1) is 11.3 Å². The third kappa shape index (κ3) is 4.44. The SMILES string of the molecule is N#Cc1ccc(C(=O)NCC2CCN(Cc3cccs3)CC2)cc1. The quantitative estimate of drug-likeness (QED) is 0.910. The summed E-state index contributed by atoms with van der Waals surface area (Å²) >= 11 is 1.81. The summed E-state index contributed by atoms with van der Waals surface area (Å²) in [5.41, 5.74) is 1.19. The molecule has 2 aromatic rings. The van der Waals surface area contributed by atoms with E-state index in [9.17, 15) is 4.79 Å². The lowest BCUT2D eigenvalue weighted by Crippen LogP contribution is -2.38. The molecule has 1 saturated heterocycles. The lowest BCUT2D eigenvalue weighted by molar-refractivity contribution is 0.0935. The number of nitrogens with zero attached hydrogens (tertiary/aromatic N) is 2. The largest absolute Gasteiger partial charge is 0.352 e. The average molecular weight is 339 g/mol. The van der Waals surface area contributed by atoms with Gasteiger partial charge in [-0.2, -0.15) is 5.26 Å². The van der Waals surface area contributed by atoms with Gasteiger partial charge in [0.1, 0.15) is 0 Å². The molecule has 1 aliphatic heterocycles. The first-order chi connectivity index (χ1) is 11.7. The number of likely N-dealkylation sites (tertiary alicyclic amines) is 1. The molecule has 0 atom stereocenters. The Morgan fingerprint density at radius 3 is 2.62 bits per heavy atom. The van der Waals surface area contributed by atoms with Gasteiger partial charge < -0.3 is 5.32 Å². The summed E-state index contributed by atoms with van der Waals surface area (Å²) in [7, 11) is 0. The number of benzene rings is 1. The fraction of sp³-hybridized carbons (Fsp3) is 0.368. The number of amides is 1. The van der Waals surface area contributed by atoms with E-state index in [1.54, 1.807) is 24.3 Å². The van der Waals surface area contributed by atoms with Gasteiger partial charge in [0.2, 0.25) is 0 Å². The average Bonchev–Trinajstić information content (AvgIpc) is 3.14. The number of hydrogen-bond donors (Lipinski definition) is 1. The van der Waals surface area contributed by atoms with E-state index < -0.39 is 0 Å². The molecule has 1 aromatic carbocycles. The molecule has 0 bridgehead atoms. The molecule has 0 radical (unpaired) electrons. The molecule has 1 aromatic heterocycles. The first-order valence-electron chi connectivity index (χ1n) is 8.27. The van der Waals surface area contributed by atoms with E-state index in [-0.39, 0.29) is 5.91 Å². The molecule has 2 heterocycles. The van der Waals surface area contributed by atoms with Crippen molar-refractivity contribution in [1.82, 2.24) is 10.2 Å². The minimum atomic E-state index is -0.0551. The van der Waals surface area contributed by atoms with Crippen molar-refractivity contribution in [1.29, 1.82) is 5.26 Å². The molecule has 0 spiro atoms. The topological polar surface area (TPSA) is 56.1 Å². The van der Waals surface area contributed by atoms with Crippen LogP contribution in [0.5, 0.6) is 0 Å². The zero-order valence-corrected chi connectivity index (χ0v) is 14.4. The Balaban J connectivity index is 1.41. The molecule has 0 saturated carbocycles. The molecule has 1 amide bonds. The Morgan fingerprint density at radius 1 is 1.25 bits per heavy atom. The van der Waals surface area contributed by atoms with Crippen LogP contribution in [0.4, 0.5) is 0 Å². The van der Waals surface area contributed by atoms with E-state index in [0.717, 1.165) is 39.0 Å². The maximum atomic E-state index is 12.2. The van der Waals surface area contributed by atoms with Crippen molar-refractivity contribution in [2.75, 3.05) is 19.6 Å². The highest BCUT2D eigenvalue weighted by Gasteiger charge is 2.20. The number of thiophene rings is 1. The van der Waals surface area contributed by atoms with Gasteiger partial charge >= 0.3 is 0 Å². The second-order valence-corrected chi connectivity index (χ2v) is 7.23. The van der Waals surface area contributed by atoms with Gasteiger partial charge in [-0.1, -0.05) is 6.07 Å². The molecule has 1 N–H and O–H groups in total. The van der Waals surface area contributed by atoms with E-state index in [2.05, 4.69) is 33.8 Å². The molecule has 5 heteroatoms. The van der Waals surface area contributed by atoms with Crippen molar-refractivity contribution in [3.05, 3.63) is 57.8 Å². The standard InChI is InChI=1S/C19H21N3OS/c20-12-15-3-5-17(6-4-15)19(23)21-13-16-7-9-22(10-8-16)14-18-2-1-11-24-18/h1-6,11,16H,7-10,13-14H2,(H,21,23). The van der Waals surface area contributed by atoms with Crippen LogP contribution in [0.2, 0.25) is 0 Å². The van der Waals surface area contributed by atoms with Gasteiger partial charge in [0.25, 0.3) is 5.91 Å². The second-order valence-electron chi connectivity index (χ2n) is 6.20. The Bertz CT molecular complexity index is 695. The molecule has 1 fully saturated rings. The Labute approximate surface area is 146 Å². The molecule has 1 aliphatic rings. The zero-order valence-electron chi connectivity index (χ0n) is 13.6. The van der Waals surface area contributed by atoms with Crippen LogP contribution in [0.25, 0.3) is 0 Å². The number of carbonyl (C=O) groups excluding carboxylic acids is 1. The molecule has 0 unspecified atom stereocenters. The second kappa shape index (κ2) is 8.09. The van der Waals surface area contributed by atoms with Crippen molar-refractivity contribution in [2.45, 2.75) is 19.4 Å². The highest BCUT2D eigenvalue weighted by atomic mass is 32.1. The van der Waals surface area contributed by atoms with Gasteiger partial charge in [0.05, 0.1) is 11.6 Å². The van der Waals surface area contributed by atoms with Gasteiger partial charge in [0, 0.05) is 23.5 Å². The van der Waals surface area contributed by atoms with Crippen LogP contribution in [-0.2, 0) is 6.54 Å². The van der Waals surface area contributed by atoms with Gasteiger partial charge in [-0.05, 0) is 67.6 Å². The molecule has 124 valence electrons. The van der Waals surface area contributed by atoms with E-state index in [1.807, 2.05) is 11.3 Å². The van der Waals surface area contributed by atoms with Crippen molar-refractivity contribution in [3.8, 4) is 6.07 Å². The van der Waals surface area contributed by atoms with Crippen LogP contribution in [-0.4, -0.2) is 30.4 Å². The maximum absolute atomic E-state index is 12.2. The van der Waals surface area contributed by atoms with Crippen LogP contribution >= 0.6 is 11.3 Å². The third-order valence-corrected chi connectivity index (χ3v) is 5.36. The summed E-state index contributed by atoms with van der Waals surface area (Å²) in [6.07, 6.45) is 2.25. The number of piperidine rings is 1. The summed E-state index contributed by atoms with van der Waals surface area (Å²) in [6.45, 7) is 3.96. The fourth-order valence-corrected chi connectivity index (χ4v) is 3.75. The first kappa shape index (κ1) is 16.7. The van der Waals surface area contributed by atoms with Crippen LogP contribution in [0, 0.1) is 17.2 Å². The smallest absolute Gasteiger partial charge is 0.251 e. The fourth-order valence-electron chi connectivity index (χ4n) is 3.01. The summed E-state index contributed by atoms with van der Waals surface area (Å²) in [5, 5.41) is 13.9. The highest BCUT2D eigenvalue weighted by molar-refractivity contribution is 7.09. The minimum absolute atomic E-state index is 0.0551. The van der Waals surface area contributed by atoms with Gasteiger partial charge in [-0.3, -0.25) is 9.69 Å². The van der Waals surface area contributed by atoms with E-state index in [4.69, 9.17) is 5.26 Å². The normalized spacial score (nSPS) is 15.8. The molecular weight excluding hydrogens is 318 g/mol. The molecular formula is C19H21N3OS. The van der Waals surface area contributed by atoms with Gasteiger partial charge in [-0.25, -0.2) is 0 Å². The van der Waals surface area contributed by atoms with E-state index >= 15 is 0 Å². The first-order valence-corrected chi connectivity index (χ1v) is 9.15. The van der Waals surface area contributed by atoms with Crippen molar-refractivity contribution >= 4 is 17.2 Å². The van der Waals surface area contributed by atoms with E-state index in [1.165, 1.54) is 4.88 Å². The van der Waals surface area contributed by atoms with Crippen molar-refractivity contribution in [2.24, 2.45) is 5.92 Å². The third-order valence-electron chi connectivity index (χ3n) is 4.49. The monoisotopic (exact) mass is 339 g/mol. The summed E-state index contributed by atoms with van der Waals surface area (Å²) < 4.78 is 0. The number of nitriles is 1. The molecule has 0 aliphatic carbocycles. The van der Waals surface area contributed by atoms with Gasteiger partial charge in [0.15, 0.2) is 0 Å². The van der Waals surface area contributed by atoms with Crippen LogP contribution in [0.3, 0.4) is 0 Å². The summed E-state index contributed by atoms with van der Waals surface area (Å²) in [4.78, 5) is 16.1. The predicted octanol–water partition coefficient (Wildman–Crippen LogP) is 3.26. The van der Waals surface area contributed by atoms with Crippen LogP contribution in [0.1, 0.15) is 33.6 Å². The molecule has 4 nitrogen and oxygen atoms in total. The lowest BCUT2D eigenvalue weighted by atomic mass is 9.96. The Kier molecular flexibility index (Phi) is 5.63. The number of nitrogens with one attached hydrogen (secondary N) is 1. The highest BCUT2D eigenvalue weighted by Crippen LogP contribution is 2.20. The predicted molar refractivity (Wildman–Crippen MR) is 95.8 cm³/mol. The molecule has 24 heavy (non-hydrogen) atoms. The number of rotatable bonds is 5.